The summed E-state index contributed by atoms with van der Waals surface area (Å²) in [7, 11) is 1.68. The molecule has 1 saturated heterocycles. The number of benzene rings is 2. The van der Waals surface area contributed by atoms with Crippen LogP contribution in [-0.4, -0.2) is 52.4 Å². The minimum absolute atomic E-state index is 0.0922. The highest BCUT2D eigenvalue weighted by atomic mass is 35.5. The average Bonchev–Trinajstić information content (AvgIpc) is 3.33. The molecule has 1 aromatic heterocycles. The molecule has 3 heterocycles. The van der Waals surface area contributed by atoms with Crippen molar-refractivity contribution in [3.8, 4) is 11.4 Å². The van der Waals surface area contributed by atoms with Gasteiger partial charge in [-0.1, -0.05) is 35.0 Å². The van der Waals surface area contributed by atoms with Crippen molar-refractivity contribution in [1.82, 2.24) is 14.5 Å². The Hall–Kier alpha value is -3.58. The first-order valence-electron chi connectivity index (χ1n) is 12.2. The van der Waals surface area contributed by atoms with Crippen molar-refractivity contribution in [1.29, 1.82) is 0 Å². The summed E-state index contributed by atoms with van der Waals surface area (Å²) in [5.74, 6) is 1.73. The molecule has 0 aliphatic carbocycles. The third kappa shape index (κ3) is 5.16. The number of carbonyl (C=O) groups is 1. The van der Waals surface area contributed by atoms with Gasteiger partial charge in [0.15, 0.2) is 11.6 Å². The molecule has 8 heteroatoms. The van der Waals surface area contributed by atoms with E-state index in [1.54, 1.807) is 25.6 Å². The van der Waals surface area contributed by atoms with E-state index in [9.17, 15) is 4.79 Å². The number of piperidine rings is 1. The highest BCUT2D eigenvalue weighted by molar-refractivity contribution is 6.31. The van der Waals surface area contributed by atoms with Gasteiger partial charge in [0.1, 0.15) is 12.4 Å². The zero-order valence-corrected chi connectivity index (χ0v) is 21.2. The van der Waals surface area contributed by atoms with Gasteiger partial charge in [0.25, 0.3) is 0 Å². The summed E-state index contributed by atoms with van der Waals surface area (Å²) in [5, 5.41) is 4.99. The predicted octanol–water partition coefficient (Wildman–Crippen LogP) is 5.70. The molecule has 1 fully saturated rings. The first-order valence-corrected chi connectivity index (χ1v) is 12.5. The number of nitrogens with zero attached hydrogens (tertiary/aromatic N) is 4. The highest BCUT2D eigenvalue weighted by Gasteiger charge is 2.32. The van der Waals surface area contributed by atoms with Crippen LogP contribution in [0.5, 0.6) is 5.75 Å². The molecule has 186 valence electrons. The van der Waals surface area contributed by atoms with Gasteiger partial charge in [0.05, 0.1) is 30.9 Å². The number of ketones is 1. The predicted molar refractivity (Wildman–Crippen MR) is 141 cm³/mol. The number of aromatic nitrogens is 2. The van der Waals surface area contributed by atoms with Gasteiger partial charge >= 0.3 is 0 Å². The maximum atomic E-state index is 12.7. The molecule has 0 unspecified atom stereocenters. The molecule has 0 saturated carbocycles. The Balaban J connectivity index is 1.32. The fourth-order valence-electron chi connectivity index (χ4n) is 4.81. The van der Waals surface area contributed by atoms with Gasteiger partial charge in [-0.05, 0) is 67.7 Å². The fraction of sp³-hybridized carbons (Fsp3) is 0.321. The first kappa shape index (κ1) is 24.1. The van der Waals surface area contributed by atoms with Crippen LogP contribution >= 0.6 is 11.6 Å². The zero-order valence-electron chi connectivity index (χ0n) is 20.5. The second-order valence-corrected chi connectivity index (χ2v) is 9.59. The number of amidine groups is 1. The van der Waals surface area contributed by atoms with Crippen LogP contribution in [-0.2, 0) is 4.84 Å². The third-order valence-electron chi connectivity index (χ3n) is 6.65. The smallest absolute Gasteiger partial charge is 0.171 e. The Morgan fingerprint density at radius 1 is 1.28 bits per heavy atom. The van der Waals surface area contributed by atoms with Gasteiger partial charge in [-0.2, -0.15) is 0 Å². The Kier molecular flexibility index (Phi) is 7.09. The Morgan fingerprint density at radius 2 is 2.17 bits per heavy atom. The van der Waals surface area contributed by atoms with E-state index in [1.807, 2.05) is 42.0 Å². The summed E-state index contributed by atoms with van der Waals surface area (Å²) in [6.07, 6.45) is 8.98. The molecular weight excluding hydrogens is 476 g/mol. The lowest BCUT2D eigenvalue weighted by Gasteiger charge is -2.40. The van der Waals surface area contributed by atoms with E-state index in [0.29, 0.717) is 30.0 Å². The molecule has 0 radical (unpaired) electrons. The van der Waals surface area contributed by atoms with Gasteiger partial charge in [0.2, 0.25) is 0 Å². The number of carbonyl (C=O) groups excluding carboxylic acids is 1. The van der Waals surface area contributed by atoms with Gasteiger partial charge < -0.3 is 19.0 Å². The molecule has 0 bridgehead atoms. The van der Waals surface area contributed by atoms with E-state index in [2.05, 4.69) is 27.2 Å². The fourth-order valence-corrected chi connectivity index (χ4v) is 5.00. The van der Waals surface area contributed by atoms with Crippen LogP contribution in [0.3, 0.4) is 0 Å². The van der Waals surface area contributed by atoms with E-state index < -0.39 is 0 Å². The maximum Gasteiger partial charge on any atom is 0.171 e. The standard InChI is InChI=1S/C28H29ClN4O3/c1-19-16-32(18-30-19)25-10-8-20(14-27(25)35-2)13-22-6-4-12-33-24(17-36-31-28(22)33)9-11-26(34)21-5-3-7-23(29)15-21/h3,5,7-8,10,13-16,18,24H,4,6,9,11-12,17H2,1-2H3/b22-13+/t24-/m0/s1. The number of Topliss-reactive ketones (excluding diaryl/α,β-unsaturated/α-hetero) is 1. The molecule has 7 nitrogen and oxygen atoms in total. The number of aryl methyl sites for hydroxylation is 1. The molecule has 0 spiro atoms. The molecule has 2 aliphatic rings. The molecule has 5 rings (SSSR count). The third-order valence-corrected chi connectivity index (χ3v) is 6.88. The van der Waals surface area contributed by atoms with Gasteiger partial charge in [-0.25, -0.2) is 4.98 Å². The normalized spacial score (nSPS) is 18.4. The van der Waals surface area contributed by atoms with Crippen LogP contribution in [0.15, 0.2) is 65.7 Å². The molecular formula is C28H29ClN4O3. The Morgan fingerprint density at radius 3 is 2.94 bits per heavy atom. The van der Waals surface area contributed by atoms with Crippen LogP contribution in [0.25, 0.3) is 11.8 Å². The van der Waals surface area contributed by atoms with Crippen molar-refractivity contribution >= 4 is 29.3 Å². The van der Waals surface area contributed by atoms with Crippen molar-refractivity contribution in [2.45, 2.75) is 38.6 Å². The molecule has 1 atom stereocenters. The highest BCUT2D eigenvalue weighted by Crippen LogP contribution is 2.30. The summed E-state index contributed by atoms with van der Waals surface area (Å²) in [5.41, 5.74) is 4.69. The molecule has 3 aromatic rings. The number of rotatable bonds is 7. The summed E-state index contributed by atoms with van der Waals surface area (Å²) in [6.45, 7) is 3.34. The topological polar surface area (TPSA) is 69.0 Å². The number of hydrogen-bond donors (Lipinski definition) is 0. The van der Waals surface area contributed by atoms with Gasteiger partial charge in [-0.3, -0.25) is 4.79 Å². The summed E-state index contributed by atoms with van der Waals surface area (Å²) >= 11 is 6.06. The number of imidazole rings is 1. The molecule has 36 heavy (non-hydrogen) atoms. The molecule has 0 amide bonds. The number of oxime groups is 1. The summed E-state index contributed by atoms with van der Waals surface area (Å²) in [6, 6.07) is 13.4. The van der Waals surface area contributed by atoms with Crippen LogP contribution < -0.4 is 4.74 Å². The maximum absolute atomic E-state index is 12.7. The minimum atomic E-state index is 0.0922. The van der Waals surface area contributed by atoms with Crippen LogP contribution in [0.2, 0.25) is 5.02 Å². The van der Waals surface area contributed by atoms with Gasteiger partial charge in [0, 0.05) is 29.7 Å². The van der Waals surface area contributed by atoms with E-state index >= 15 is 0 Å². The Labute approximate surface area is 216 Å². The summed E-state index contributed by atoms with van der Waals surface area (Å²) < 4.78 is 7.64. The van der Waals surface area contributed by atoms with Crippen LogP contribution in [0, 0.1) is 6.92 Å². The quantitative estimate of drug-likeness (QED) is 0.386. The van der Waals surface area contributed by atoms with E-state index in [-0.39, 0.29) is 11.8 Å². The van der Waals surface area contributed by atoms with Crippen molar-refractivity contribution in [3.05, 3.63) is 82.4 Å². The number of methoxy groups -OCH3 is 1. The molecule has 0 N–H and O–H groups in total. The largest absolute Gasteiger partial charge is 0.495 e. The lowest BCUT2D eigenvalue weighted by atomic mass is 9.96. The van der Waals surface area contributed by atoms with Crippen LogP contribution in [0.1, 0.15) is 47.3 Å². The second-order valence-electron chi connectivity index (χ2n) is 9.16. The van der Waals surface area contributed by atoms with Gasteiger partial charge in [-0.15, -0.1) is 0 Å². The first-order chi connectivity index (χ1) is 17.5. The SMILES string of the molecule is COc1cc(/C=C2\CCCN3C2=NOC[C@@H]3CCC(=O)c2cccc(Cl)c2)ccc1-n1cnc(C)c1. The van der Waals surface area contributed by atoms with E-state index in [4.69, 9.17) is 21.2 Å². The van der Waals surface area contributed by atoms with E-state index in [1.165, 1.54) is 0 Å². The number of ether oxygens (including phenoxy) is 1. The lowest BCUT2D eigenvalue weighted by molar-refractivity contribution is 0.0528. The molecule has 2 aliphatic heterocycles. The van der Waals surface area contributed by atoms with Crippen LogP contribution in [0.4, 0.5) is 0 Å². The number of halogens is 1. The Bertz CT molecular complexity index is 1330. The van der Waals surface area contributed by atoms with E-state index in [0.717, 1.165) is 53.5 Å². The molecule has 2 aromatic carbocycles. The summed E-state index contributed by atoms with van der Waals surface area (Å²) in [4.78, 5) is 25.0. The number of hydrogen-bond acceptors (Lipinski definition) is 6. The number of fused-ring (bicyclic) bond motifs is 1. The lowest BCUT2D eigenvalue weighted by Crippen LogP contribution is -2.49. The second kappa shape index (κ2) is 10.6. The minimum Gasteiger partial charge on any atom is -0.495 e. The average molecular weight is 505 g/mol. The van der Waals surface area contributed by atoms with Crippen molar-refractivity contribution in [2.75, 3.05) is 20.3 Å². The zero-order chi connectivity index (χ0) is 25.1. The van der Waals surface area contributed by atoms with Crippen molar-refractivity contribution in [2.24, 2.45) is 5.16 Å². The monoisotopic (exact) mass is 504 g/mol. The van der Waals surface area contributed by atoms with Crippen molar-refractivity contribution < 1.29 is 14.4 Å². The van der Waals surface area contributed by atoms with Crippen molar-refractivity contribution in [3.63, 3.8) is 0 Å².